The van der Waals surface area contributed by atoms with Gasteiger partial charge in [-0.3, -0.25) is 4.79 Å². The summed E-state index contributed by atoms with van der Waals surface area (Å²) in [5.41, 5.74) is 0.195. The van der Waals surface area contributed by atoms with Crippen LogP contribution in [-0.2, 0) is 9.53 Å². The first-order valence-electron chi connectivity index (χ1n) is 9.93. The van der Waals surface area contributed by atoms with Crippen molar-refractivity contribution >= 4 is 11.9 Å². The standard InChI is InChI=1S/C18H22F2N2O2.C2HF3O2/c19-15-4-3-13(7-16(15)20)18(23)22-10-14-9-21(8-12-1-2-12)5-6-24-17(14)11-22;3-2(4,5)1(6)7/h3-4,7,12,14,17H,1-2,5-6,8-11H2;(H,6,7)/t14-,17+;/m0./s1. The molecule has 3 aliphatic rings. The average molecular weight is 450 g/mol. The Morgan fingerprint density at radius 3 is 2.35 bits per heavy atom. The first-order valence-corrected chi connectivity index (χ1v) is 9.93. The van der Waals surface area contributed by atoms with E-state index in [-0.39, 0.29) is 17.6 Å². The molecule has 2 atom stereocenters. The second-order valence-electron chi connectivity index (χ2n) is 8.01. The minimum absolute atomic E-state index is 0.0449. The largest absolute Gasteiger partial charge is 0.490 e. The van der Waals surface area contributed by atoms with Crippen molar-refractivity contribution < 1.29 is 41.4 Å². The zero-order chi connectivity index (χ0) is 22.8. The Hall–Kier alpha value is -2.27. The molecule has 2 saturated heterocycles. The van der Waals surface area contributed by atoms with Gasteiger partial charge in [-0.05, 0) is 37.0 Å². The second-order valence-corrected chi connectivity index (χ2v) is 8.01. The Kier molecular flexibility index (Phi) is 7.15. The predicted molar refractivity (Wildman–Crippen MR) is 98.3 cm³/mol. The van der Waals surface area contributed by atoms with Crippen LogP contribution in [0, 0.1) is 23.5 Å². The van der Waals surface area contributed by atoms with E-state index in [1.165, 1.54) is 18.9 Å². The summed E-state index contributed by atoms with van der Waals surface area (Å²) >= 11 is 0. The summed E-state index contributed by atoms with van der Waals surface area (Å²) in [7, 11) is 0. The number of benzene rings is 1. The highest BCUT2D eigenvalue weighted by Gasteiger charge is 2.40. The van der Waals surface area contributed by atoms with Gasteiger partial charge in [0.1, 0.15) is 0 Å². The Bertz CT molecular complexity index is 815. The summed E-state index contributed by atoms with van der Waals surface area (Å²) < 4.78 is 64.1. The molecule has 0 aromatic heterocycles. The monoisotopic (exact) mass is 450 g/mol. The number of aliphatic carboxylic acids is 1. The van der Waals surface area contributed by atoms with Gasteiger partial charge in [0.15, 0.2) is 11.6 Å². The number of amides is 1. The Labute approximate surface area is 175 Å². The summed E-state index contributed by atoms with van der Waals surface area (Å²) in [5.74, 6) is -3.80. The van der Waals surface area contributed by atoms with E-state index < -0.39 is 23.8 Å². The van der Waals surface area contributed by atoms with Gasteiger partial charge in [-0.2, -0.15) is 13.2 Å². The van der Waals surface area contributed by atoms with Gasteiger partial charge >= 0.3 is 12.1 Å². The summed E-state index contributed by atoms with van der Waals surface area (Å²) in [6, 6.07) is 3.33. The second kappa shape index (κ2) is 9.47. The lowest BCUT2D eigenvalue weighted by Crippen LogP contribution is -2.35. The van der Waals surface area contributed by atoms with Crippen molar-refractivity contribution in [3.63, 3.8) is 0 Å². The highest BCUT2D eigenvalue weighted by Crippen LogP contribution is 2.32. The Balaban J connectivity index is 0.000000339. The fourth-order valence-electron chi connectivity index (χ4n) is 3.77. The van der Waals surface area contributed by atoms with Crippen LogP contribution in [0.25, 0.3) is 0 Å². The van der Waals surface area contributed by atoms with Crippen LogP contribution in [0.3, 0.4) is 0 Å². The SMILES string of the molecule is O=C(O)C(F)(F)F.O=C(c1ccc(F)c(F)c1)N1C[C@@H]2CN(CC3CC3)CCO[C@@H]2C1. The van der Waals surface area contributed by atoms with Crippen LogP contribution in [-0.4, -0.2) is 78.4 Å². The van der Waals surface area contributed by atoms with Gasteiger partial charge in [0.05, 0.1) is 12.7 Å². The van der Waals surface area contributed by atoms with Gasteiger partial charge in [-0.1, -0.05) is 0 Å². The number of hydrogen-bond donors (Lipinski definition) is 1. The highest BCUT2D eigenvalue weighted by atomic mass is 19.4. The van der Waals surface area contributed by atoms with Gasteiger partial charge in [0.25, 0.3) is 5.91 Å². The van der Waals surface area contributed by atoms with Gasteiger partial charge in [0.2, 0.25) is 0 Å². The molecule has 3 fully saturated rings. The molecule has 4 rings (SSSR count). The molecule has 0 radical (unpaired) electrons. The molecule has 1 N–H and O–H groups in total. The fraction of sp³-hybridized carbons (Fsp3) is 0.600. The van der Waals surface area contributed by atoms with Crippen molar-refractivity contribution in [2.45, 2.75) is 25.1 Å². The van der Waals surface area contributed by atoms with Crippen LogP contribution in [0.4, 0.5) is 22.0 Å². The van der Waals surface area contributed by atoms with Crippen LogP contribution in [0.1, 0.15) is 23.2 Å². The smallest absolute Gasteiger partial charge is 0.475 e. The van der Waals surface area contributed by atoms with Crippen molar-refractivity contribution in [3.05, 3.63) is 35.4 Å². The van der Waals surface area contributed by atoms with Crippen LogP contribution in [0.15, 0.2) is 18.2 Å². The lowest BCUT2D eigenvalue weighted by molar-refractivity contribution is -0.192. The van der Waals surface area contributed by atoms with Crippen LogP contribution < -0.4 is 0 Å². The molecule has 172 valence electrons. The molecule has 1 aromatic rings. The molecule has 2 heterocycles. The number of hydrogen-bond acceptors (Lipinski definition) is 4. The van der Waals surface area contributed by atoms with E-state index in [4.69, 9.17) is 14.6 Å². The van der Waals surface area contributed by atoms with Crippen LogP contribution in [0.2, 0.25) is 0 Å². The highest BCUT2D eigenvalue weighted by molar-refractivity contribution is 5.94. The van der Waals surface area contributed by atoms with Crippen molar-refractivity contribution in [3.8, 4) is 0 Å². The molecule has 1 aliphatic carbocycles. The third-order valence-corrected chi connectivity index (χ3v) is 5.52. The third-order valence-electron chi connectivity index (χ3n) is 5.52. The van der Waals surface area contributed by atoms with Crippen LogP contribution in [0.5, 0.6) is 0 Å². The summed E-state index contributed by atoms with van der Waals surface area (Å²) in [6.45, 7) is 4.87. The number of carboxylic acids is 1. The van der Waals surface area contributed by atoms with Crippen molar-refractivity contribution in [1.29, 1.82) is 0 Å². The molecule has 6 nitrogen and oxygen atoms in total. The number of fused-ring (bicyclic) bond motifs is 1. The number of carbonyl (C=O) groups excluding carboxylic acids is 1. The molecule has 31 heavy (non-hydrogen) atoms. The van der Waals surface area contributed by atoms with E-state index >= 15 is 0 Å². The van der Waals surface area contributed by atoms with Crippen LogP contribution >= 0.6 is 0 Å². The Morgan fingerprint density at radius 1 is 1.10 bits per heavy atom. The van der Waals surface area contributed by atoms with E-state index in [1.807, 2.05) is 0 Å². The molecular weight excluding hydrogens is 427 g/mol. The summed E-state index contributed by atoms with van der Waals surface area (Å²) in [4.78, 5) is 25.6. The number of carboxylic acid groups (broad SMARTS) is 1. The van der Waals surface area contributed by atoms with Gasteiger partial charge < -0.3 is 19.6 Å². The van der Waals surface area contributed by atoms with E-state index in [2.05, 4.69) is 4.90 Å². The molecule has 1 amide bonds. The number of ether oxygens (including phenoxy) is 1. The van der Waals surface area contributed by atoms with Gasteiger partial charge in [0, 0.05) is 44.2 Å². The summed E-state index contributed by atoms with van der Waals surface area (Å²) in [5, 5.41) is 7.12. The lowest BCUT2D eigenvalue weighted by atomic mass is 10.1. The molecule has 2 aliphatic heterocycles. The van der Waals surface area contributed by atoms with Crippen molar-refractivity contribution in [2.75, 3.05) is 39.3 Å². The number of likely N-dealkylation sites (tertiary alicyclic amines) is 1. The minimum Gasteiger partial charge on any atom is -0.475 e. The molecule has 0 bridgehead atoms. The third kappa shape index (κ3) is 6.36. The summed E-state index contributed by atoms with van der Waals surface area (Å²) in [6.07, 6.45) is -2.39. The van der Waals surface area contributed by atoms with E-state index in [9.17, 15) is 26.7 Å². The number of alkyl halides is 3. The Morgan fingerprint density at radius 2 is 1.77 bits per heavy atom. The van der Waals surface area contributed by atoms with E-state index in [0.717, 1.165) is 37.7 Å². The van der Waals surface area contributed by atoms with Crippen molar-refractivity contribution in [2.24, 2.45) is 11.8 Å². The number of halogens is 5. The quantitative estimate of drug-likeness (QED) is 0.718. The zero-order valence-electron chi connectivity index (χ0n) is 16.6. The van der Waals surface area contributed by atoms with Gasteiger partial charge in [-0.25, -0.2) is 13.6 Å². The fourth-order valence-corrected chi connectivity index (χ4v) is 3.77. The number of carbonyl (C=O) groups is 2. The first-order chi connectivity index (χ1) is 14.5. The predicted octanol–water partition coefficient (Wildman–Crippen LogP) is 2.78. The molecule has 11 heteroatoms. The zero-order valence-corrected chi connectivity index (χ0v) is 16.6. The molecule has 1 saturated carbocycles. The number of nitrogens with zero attached hydrogens (tertiary/aromatic N) is 2. The topological polar surface area (TPSA) is 70.1 Å². The first kappa shape index (κ1) is 23.4. The molecule has 0 unspecified atom stereocenters. The average Bonchev–Trinajstić information content (AvgIpc) is 3.45. The number of rotatable bonds is 3. The van der Waals surface area contributed by atoms with Crippen molar-refractivity contribution in [1.82, 2.24) is 9.80 Å². The molecular formula is C20H23F5N2O4. The lowest BCUT2D eigenvalue weighted by Gasteiger charge is -2.23. The minimum atomic E-state index is -5.08. The van der Waals surface area contributed by atoms with Gasteiger partial charge in [-0.15, -0.1) is 0 Å². The maximum Gasteiger partial charge on any atom is 0.490 e. The molecule has 0 spiro atoms. The normalized spacial score (nSPS) is 24.1. The molecule has 1 aromatic carbocycles. The maximum atomic E-state index is 13.4. The van der Waals surface area contributed by atoms with E-state index in [0.29, 0.717) is 25.6 Å². The van der Waals surface area contributed by atoms with E-state index in [1.54, 1.807) is 4.90 Å². The maximum absolute atomic E-state index is 13.4.